The molecule has 0 saturated carbocycles. The molecule has 0 amide bonds. The number of aromatic nitrogens is 6. The number of benzene rings is 2. The third kappa shape index (κ3) is 6.35. The van der Waals surface area contributed by atoms with Crippen LogP contribution in [0.1, 0.15) is 35.6 Å². The van der Waals surface area contributed by atoms with Gasteiger partial charge in [-0.05, 0) is 72.7 Å². The first-order chi connectivity index (χ1) is 16.5. The molecular weight excluding hydrogens is 511 g/mol. The number of rotatable bonds is 9. The fraction of sp³-hybridized carbons (Fsp3) is 0.182. The number of aryl methyl sites for hydroxylation is 2. The van der Waals surface area contributed by atoms with Crippen LogP contribution in [0.25, 0.3) is 0 Å². The van der Waals surface area contributed by atoms with Gasteiger partial charge >= 0.3 is 0 Å². The van der Waals surface area contributed by atoms with E-state index in [1.807, 2.05) is 48.5 Å². The Morgan fingerprint density at radius 3 is 1.62 bits per heavy atom. The zero-order chi connectivity index (χ0) is 23.9. The fourth-order valence-electron chi connectivity index (χ4n) is 3.20. The molecule has 0 bridgehead atoms. The highest BCUT2D eigenvalue weighted by Crippen LogP contribution is 2.12. The number of nitrogens with zero attached hydrogens (tertiary/aromatic N) is 6. The van der Waals surface area contributed by atoms with Gasteiger partial charge in [-0.2, -0.15) is 29.8 Å². The second kappa shape index (κ2) is 11.5. The van der Waals surface area contributed by atoms with E-state index in [2.05, 4.69) is 30.6 Å². The molecule has 174 valence electrons. The molecule has 0 aliphatic rings. The van der Waals surface area contributed by atoms with Gasteiger partial charge in [-0.3, -0.25) is 10.2 Å². The summed E-state index contributed by atoms with van der Waals surface area (Å²) in [6.07, 6.45) is 6.49. The monoisotopic (exact) mass is 530 g/mol. The Hall–Kier alpha value is -2.92. The molecule has 0 spiro atoms. The minimum atomic E-state index is 0.435. The second-order valence-electron chi connectivity index (χ2n) is 7.32. The zero-order valence-corrected chi connectivity index (χ0v) is 21.0. The molecule has 8 nitrogen and oxygen atoms in total. The SMILES string of the molecule is S=c1[nH]nc(CCCCc2n[nH]c(=S)n2/N=C\c2cccc(Cl)c2)n1/N=C\c1cccc(Cl)c1. The Morgan fingerprint density at radius 1 is 0.765 bits per heavy atom. The smallest absolute Gasteiger partial charge is 0.216 e. The largest absolute Gasteiger partial charge is 0.250 e. The maximum Gasteiger partial charge on any atom is 0.216 e. The average Bonchev–Trinajstić information content (AvgIpc) is 3.35. The van der Waals surface area contributed by atoms with Crippen LogP contribution in [-0.2, 0) is 12.8 Å². The molecule has 2 aromatic heterocycles. The van der Waals surface area contributed by atoms with E-state index in [9.17, 15) is 0 Å². The van der Waals surface area contributed by atoms with Crippen LogP contribution in [-0.4, -0.2) is 42.2 Å². The van der Waals surface area contributed by atoms with E-state index >= 15 is 0 Å². The van der Waals surface area contributed by atoms with Crippen LogP contribution in [0.4, 0.5) is 0 Å². The molecule has 2 aromatic carbocycles. The molecule has 2 heterocycles. The summed E-state index contributed by atoms with van der Waals surface area (Å²) in [4.78, 5) is 0. The van der Waals surface area contributed by atoms with Crippen molar-refractivity contribution < 1.29 is 0 Å². The van der Waals surface area contributed by atoms with Crippen molar-refractivity contribution in [2.45, 2.75) is 25.7 Å². The Kier molecular flexibility index (Phi) is 8.17. The van der Waals surface area contributed by atoms with Gasteiger partial charge in [-0.25, -0.2) is 0 Å². The first-order valence-electron chi connectivity index (χ1n) is 10.4. The summed E-state index contributed by atoms with van der Waals surface area (Å²) in [5, 5.41) is 24.4. The molecule has 34 heavy (non-hydrogen) atoms. The lowest BCUT2D eigenvalue weighted by atomic mass is 10.2. The van der Waals surface area contributed by atoms with E-state index in [0.717, 1.165) is 35.6 Å². The number of unbranched alkanes of at least 4 members (excludes halogenated alkanes) is 1. The Balaban J connectivity index is 1.37. The van der Waals surface area contributed by atoms with Crippen molar-refractivity contribution in [3.63, 3.8) is 0 Å². The topological polar surface area (TPSA) is 91.9 Å². The van der Waals surface area contributed by atoms with Crippen LogP contribution in [0.5, 0.6) is 0 Å². The maximum absolute atomic E-state index is 6.04. The molecule has 0 aliphatic carbocycles. The van der Waals surface area contributed by atoms with Gasteiger partial charge in [-0.15, -0.1) is 0 Å². The maximum atomic E-state index is 6.04. The van der Waals surface area contributed by atoms with E-state index < -0.39 is 0 Å². The van der Waals surface area contributed by atoms with Crippen molar-refractivity contribution >= 4 is 60.1 Å². The summed E-state index contributed by atoms with van der Waals surface area (Å²) in [6, 6.07) is 14.9. The van der Waals surface area contributed by atoms with Crippen LogP contribution in [0.2, 0.25) is 10.0 Å². The Bertz CT molecular complexity index is 1340. The van der Waals surface area contributed by atoms with Crippen molar-refractivity contribution in [2.75, 3.05) is 0 Å². The number of hydrogen-bond donors (Lipinski definition) is 2. The van der Waals surface area contributed by atoms with Crippen LogP contribution in [0.3, 0.4) is 0 Å². The molecule has 0 saturated heterocycles. The lowest BCUT2D eigenvalue weighted by Gasteiger charge is -2.03. The summed E-state index contributed by atoms with van der Waals surface area (Å²) in [5.41, 5.74) is 1.75. The molecule has 4 rings (SSSR count). The minimum absolute atomic E-state index is 0.435. The number of halogens is 2. The van der Waals surface area contributed by atoms with Crippen LogP contribution in [0.15, 0.2) is 58.7 Å². The van der Waals surface area contributed by atoms with E-state index in [4.69, 9.17) is 47.6 Å². The number of hydrogen-bond acceptors (Lipinski definition) is 6. The Morgan fingerprint density at radius 2 is 1.21 bits per heavy atom. The first kappa shape index (κ1) is 24.2. The van der Waals surface area contributed by atoms with Crippen LogP contribution >= 0.6 is 47.6 Å². The van der Waals surface area contributed by atoms with Gasteiger partial charge in [0.05, 0.1) is 12.4 Å². The molecule has 0 aliphatic heterocycles. The van der Waals surface area contributed by atoms with Crippen molar-refractivity contribution in [3.05, 3.63) is 90.9 Å². The standard InChI is InChI=1S/C22H20Cl2N8S2/c23-17-7-3-5-15(11-17)13-25-31-19(27-29-21(31)33)9-1-2-10-20-28-30-22(34)32(20)26-14-16-6-4-8-18(24)12-16/h3-8,11-14H,1-2,9-10H2,(H,29,33)(H,30,34)/b25-13-,26-14-. The quantitative estimate of drug-likeness (QED) is 0.162. The Labute approximate surface area is 216 Å². The third-order valence-electron chi connectivity index (χ3n) is 4.83. The summed E-state index contributed by atoms with van der Waals surface area (Å²) >= 11 is 22.7. The molecule has 2 N–H and O–H groups in total. The molecule has 12 heteroatoms. The van der Waals surface area contributed by atoms with Gasteiger partial charge in [-0.1, -0.05) is 47.5 Å². The van der Waals surface area contributed by atoms with Gasteiger partial charge < -0.3 is 0 Å². The second-order valence-corrected chi connectivity index (χ2v) is 8.97. The van der Waals surface area contributed by atoms with Crippen molar-refractivity contribution in [1.82, 2.24) is 29.7 Å². The zero-order valence-electron chi connectivity index (χ0n) is 17.9. The summed E-state index contributed by atoms with van der Waals surface area (Å²) in [5.74, 6) is 1.50. The van der Waals surface area contributed by atoms with Crippen LogP contribution < -0.4 is 0 Å². The van der Waals surface area contributed by atoms with Gasteiger partial charge in [0.25, 0.3) is 0 Å². The highest BCUT2D eigenvalue weighted by atomic mass is 35.5. The molecule has 0 radical (unpaired) electrons. The normalized spacial score (nSPS) is 11.7. The molecule has 0 unspecified atom stereocenters. The first-order valence-corrected chi connectivity index (χ1v) is 12.0. The highest BCUT2D eigenvalue weighted by molar-refractivity contribution is 7.71. The van der Waals surface area contributed by atoms with Gasteiger partial charge in [0.1, 0.15) is 0 Å². The lowest BCUT2D eigenvalue weighted by molar-refractivity contribution is 0.643. The van der Waals surface area contributed by atoms with Crippen molar-refractivity contribution in [3.8, 4) is 0 Å². The lowest BCUT2D eigenvalue weighted by Crippen LogP contribution is -2.02. The molecular formula is C22H20Cl2N8S2. The van der Waals surface area contributed by atoms with Gasteiger partial charge in [0.15, 0.2) is 11.6 Å². The van der Waals surface area contributed by atoms with Gasteiger partial charge in [0.2, 0.25) is 9.54 Å². The van der Waals surface area contributed by atoms with E-state index in [-0.39, 0.29) is 0 Å². The predicted octanol–water partition coefficient (Wildman–Crippen LogP) is 5.83. The fourth-order valence-corrected chi connectivity index (χ4v) is 3.99. The van der Waals surface area contributed by atoms with Crippen molar-refractivity contribution in [2.24, 2.45) is 10.2 Å². The van der Waals surface area contributed by atoms with E-state index in [1.165, 1.54) is 0 Å². The number of aromatic amines is 2. The average molecular weight is 531 g/mol. The number of nitrogens with one attached hydrogen (secondary N) is 2. The molecule has 0 fully saturated rings. The minimum Gasteiger partial charge on any atom is -0.250 e. The third-order valence-corrected chi connectivity index (χ3v) is 5.83. The highest BCUT2D eigenvalue weighted by Gasteiger charge is 2.08. The van der Waals surface area contributed by atoms with E-state index in [1.54, 1.807) is 21.8 Å². The summed E-state index contributed by atoms with van der Waals surface area (Å²) < 4.78 is 4.12. The van der Waals surface area contributed by atoms with Gasteiger partial charge in [0, 0.05) is 22.9 Å². The van der Waals surface area contributed by atoms with E-state index in [0.29, 0.717) is 32.4 Å². The molecule has 4 aromatic rings. The van der Waals surface area contributed by atoms with Crippen LogP contribution in [0, 0.1) is 9.54 Å². The predicted molar refractivity (Wildman–Crippen MR) is 140 cm³/mol. The molecule has 0 atom stereocenters. The summed E-state index contributed by atoms with van der Waals surface area (Å²) in [6.45, 7) is 0. The number of H-pyrrole nitrogens is 2. The summed E-state index contributed by atoms with van der Waals surface area (Å²) in [7, 11) is 0. The van der Waals surface area contributed by atoms with Crippen molar-refractivity contribution in [1.29, 1.82) is 0 Å².